The van der Waals surface area contributed by atoms with Crippen LogP contribution >= 0.6 is 0 Å². The lowest BCUT2D eigenvalue weighted by Crippen LogP contribution is -2.19. The molecule has 0 bridgehead atoms. The summed E-state index contributed by atoms with van der Waals surface area (Å²) in [5.74, 6) is 0. The van der Waals surface area contributed by atoms with Crippen LogP contribution < -0.4 is 0 Å². The minimum atomic E-state index is -0.988. The molecule has 104 valence electrons. The van der Waals surface area contributed by atoms with Gasteiger partial charge in [-0.15, -0.1) is 0 Å². The average molecular weight is 277 g/mol. The SMILES string of the molecule is Cc1c2c(nc3ccccc13)[C@H](O)[C@H](O)c1ccccc1-2. The summed E-state index contributed by atoms with van der Waals surface area (Å²) in [6.45, 7) is 2.05. The van der Waals surface area contributed by atoms with Crippen molar-refractivity contribution in [1.82, 2.24) is 4.98 Å². The summed E-state index contributed by atoms with van der Waals surface area (Å²) in [6.07, 6.45) is -1.92. The fourth-order valence-electron chi connectivity index (χ4n) is 3.26. The highest BCUT2D eigenvalue weighted by Crippen LogP contribution is 2.46. The summed E-state index contributed by atoms with van der Waals surface area (Å²) >= 11 is 0. The van der Waals surface area contributed by atoms with Crippen LogP contribution in [0.4, 0.5) is 0 Å². The minimum Gasteiger partial charge on any atom is -0.385 e. The van der Waals surface area contributed by atoms with Crippen molar-refractivity contribution in [2.75, 3.05) is 0 Å². The van der Waals surface area contributed by atoms with E-state index in [1.165, 1.54) is 0 Å². The largest absolute Gasteiger partial charge is 0.385 e. The van der Waals surface area contributed by atoms with Crippen LogP contribution in [-0.4, -0.2) is 15.2 Å². The van der Waals surface area contributed by atoms with Crippen LogP contribution in [0.15, 0.2) is 48.5 Å². The Labute approximate surface area is 122 Å². The monoisotopic (exact) mass is 277 g/mol. The summed E-state index contributed by atoms with van der Waals surface area (Å²) in [5.41, 5.74) is 5.17. The molecule has 0 radical (unpaired) electrons. The number of para-hydroxylation sites is 1. The third-order valence-corrected chi connectivity index (χ3v) is 4.31. The van der Waals surface area contributed by atoms with Crippen molar-refractivity contribution in [2.24, 2.45) is 0 Å². The molecule has 21 heavy (non-hydrogen) atoms. The van der Waals surface area contributed by atoms with Crippen molar-refractivity contribution < 1.29 is 10.2 Å². The van der Waals surface area contributed by atoms with Gasteiger partial charge in [-0.05, 0) is 29.7 Å². The molecule has 1 heterocycles. The maximum absolute atomic E-state index is 10.4. The molecule has 0 spiro atoms. The first kappa shape index (κ1) is 12.5. The Morgan fingerprint density at radius 1 is 0.905 bits per heavy atom. The lowest BCUT2D eigenvalue weighted by molar-refractivity contribution is 0.0133. The third kappa shape index (κ3) is 1.65. The fraction of sp³-hybridized carbons (Fsp3) is 0.167. The topological polar surface area (TPSA) is 53.4 Å². The van der Waals surface area contributed by atoms with E-state index in [-0.39, 0.29) is 0 Å². The number of hydrogen-bond acceptors (Lipinski definition) is 3. The van der Waals surface area contributed by atoms with Gasteiger partial charge >= 0.3 is 0 Å². The lowest BCUT2D eigenvalue weighted by atomic mass is 9.82. The molecule has 0 aliphatic heterocycles. The van der Waals surface area contributed by atoms with Gasteiger partial charge in [-0.1, -0.05) is 42.5 Å². The molecule has 2 aromatic carbocycles. The number of aliphatic hydroxyl groups is 2. The summed E-state index contributed by atoms with van der Waals surface area (Å²) in [4.78, 5) is 4.60. The quantitative estimate of drug-likeness (QED) is 0.663. The maximum Gasteiger partial charge on any atom is 0.127 e. The van der Waals surface area contributed by atoms with E-state index in [0.717, 1.165) is 33.2 Å². The normalized spacial score (nSPS) is 20.1. The summed E-state index contributed by atoms with van der Waals surface area (Å²) < 4.78 is 0. The number of pyridine rings is 1. The Hall–Kier alpha value is -2.23. The van der Waals surface area contributed by atoms with E-state index in [1.54, 1.807) is 0 Å². The molecule has 3 nitrogen and oxygen atoms in total. The molecule has 0 saturated carbocycles. The first-order valence-electron chi connectivity index (χ1n) is 7.03. The standard InChI is InChI=1S/C18H15NO2/c1-10-11-6-4-5-9-14(11)19-16-15(10)12-7-2-3-8-13(12)17(20)18(16)21/h2-9,17-18,20-21H,1H3/t17-,18+/m1/s1. The number of fused-ring (bicyclic) bond motifs is 4. The number of aryl methyl sites for hydroxylation is 1. The van der Waals surface area contributed by atoms with Crippen molar-refractivity contribution in [2.45, 2.75) is 19.1 Å². The van der Waals surface area contributed by atoms with Crippen molar-refractivity contribution in [1.29, 1.82) is 0 Å². The molecule has 1 aliphatic carbocycles. The predicted molar refractivity (Wildman–Crippen MR) is 81.8 cm³/mol. The second-order valence-electron chi connectivity index (χ2n) is 5.49. The molecule has 0 unspecified atom stereocenters. The zero-order chi connectivity index (χ0) is 14.6. The average Bonchev–Trinajstić information content (AvgIpc) is 2.52. The molecule has 2 atom stereocenters. The lowest BCUT2D eigenvalue weighted by Gasteiger charge is -2.29. The zero-order valence-electron chi connectivity index (χ0n) is 11.6. The number of nitrogens with zero attached hydrogens (tertiary/aromatic N) is 1. The predicted octanol–water partition coefficient (Wildman–Crippen LogP) is 3.29. The Kier molecular flexibility index (Phi) is 2.61. The van der Waals surface area contributed by atoms with Crippen molar-refractivity contribution in [3.63, 3.8) is 0 Å². The highest BCUT2D eigenvalue weighted by molar-refractivity contribution is 5.91. The Balaban J connectivity index is 2.16. The first-order valence-corrected chi connectivity index (χ1v) is 7.03. The molecule has 3 heteroatoms. The van der Waals surface area contributed by atoms with Gasteiger partial charge in [0.1, 0.15) is 12.2 Å². The first-order chi connectivity index (χ1) is 10.2. The van der Waals surface area contributed by atoms with E-state index in [1.807, 2.05) is 55.5 Å². The minimum absolute atomic E-state index is 0.567. The van der Waals surface area contributed by atoms with Crippen LogP contribution in [-0.2, 0) is 0 Å². The summed E-state index contributed by atoms with van der Waals surface area (Å²) in [7, 11) is 0. The van der Waals surface area contributed by atoms with Crippen LogP contribution in [0.25, 0.3) is 22.0 Å². The fourth-order valence-corrected chi connectivity index (χ4v) is 3.26. The van der Waals surface area contributed by atoms with Gasteiger partial charge in [-0.25, -0.2) is 4.98 Å². The molecule has 0 saturated heterocycles. The third-order valence-electron chi connectivity index (χ3n) is 4.31. The van der Waals surface area contributed by atoms with Crippen LogP contribution in [0.5, 0.6) is 0 Å². The van der Waals surface area contributed by atoms with Crippen LogP contribution in [0.3, 0.4) is 0 Å². The highest BCUT2D eigenvalue weighted by atomic mass is 16.3. The molecule has 0 fully saturated rings. The second kappa shape index (κ2) is 4.38. The molecular formula is C18H15NO2. The number of aromatic nitrogens is 1. The molecular weight excluding hydrogens is 262 g/mol. The number of hydrogen-bond donors (Lipinski definition) is 2. The summed E-state index contributed by atoms with van der Waals surface area (Å²) in [6, 6.07) is 15.6. The van der Waals surface area contributed by atoms with Crippen LogP contribution in [0.2, 0.25) is 0 Å². The van der Waals surface area contributed by atoms with Gasteiger partial charge in [-0.2, -0.15) is 0 Å². The highest BCUT2D eigenvalue weighted by Gasteiger charge is 2.33. The number of rotatable bonds is 0. The van der Waals surface area contributed by atoms with Crippen molar-refractivity contribution >= 4 is 10.9 Å². The van der Waals surface area contributed by atoms with E-state index >= 15 is 0 Å². The smallest absolute Gasteiger partial charge is 0.127 e. The van der Waals surface area contributed by atoms with E-state index in [0.29, 0.717) is 5.69 Å². The van der Waals surface area contributed by atoms with Gasteiger partial charge in [0.25, 0.3) is 0 Å². The van der Waals surface area contributed by atoms with E-state index in [9.17, 15) is 10.2 Å². The number of benzene rings is 2. The second-order valence-corrected chi connectivity index (χ2v) is 5.49. The Morgan fingerprint density at radius 3 is 2.48 bits per heavy atom. The van der Waals surface area contributed by atoms with Gasteiger partial charge in [-0.3, -0.25) is 0 Å². The molecule has 1 aromatic heterocycles. The molecule has 4 rings (SSSR count). The molecule has 3 aromatic rings. The van der Waals surface area contributed by atoms with E-state index in [4.69, 9.17) is 0 Å². The molecule has 2 N–H and O–H groups in total. The summed E-state index contributed by atoms with van der Waals surface area (Å²) in [5, 5.41) is 21.9. The van der Waals surface area contributed by atoms with Gasteiger partial charge in [0.05, 0.1) is 11.2 Å². The van der Waals surface area contributed by atoms with Crippen LogP contribution in [0.1, 0.15) is 29.0 Å². The molecule has 0 amide bonds. The van der Waals surface area contributed by atoms with Crippen molar-refractivity contribution in [3.8, 4) is 11.1 Å². The van der Waals surface area contributed by atoms with Crippen molar-refractivity contribution in [3.05, 3.63) is 65.4 Å². The van der Waals surface area contributed by atoms with Gasteiger partial charge < -0.3 is 10.2 Å². The van der Waals surface area contributed by atoms with Gasteiger partial charge in [0, 0.05) is 10.9 Å². The maximum atomic E-state index is 10.4. The number of aliphatic hydroxyl groups excluding tert-OH is 2. The Bertz CT molecular complexity index is 857. The Morgan fingerprint density at radius 2 is 1.62 bits per heavy atom. The van der Waals surface area contributed by atoms with Gasteiger partial charge in [0.15, 0.2) is 0 Å². The van der Waals surface area contributed by atoms with Gasteiger partial charge in [0.2, 0.25) is 0 Å². The van der Waals surface area contributed by atoms with Crippen LogP contribution in [0, 0.1) is 6.92 Å². The van der Waals surface area contributed by atoms with E-state index < -0.39 is 12.2 Å². The van der Waals surface area contributed by atoms with E-state index in [2.05, 4.69) is 4.98 Å². The molecule has 1 aliphatic rings. The zero-order valence-corrected chi connectivity index (χ0v) is 11.6.